The maximum Gasteiger partial charge on any atom is 0.363 e. The van der Waals surface area contributed by atoms with Crippen molar-refractivity contribution >= 4 is 28.6 Å². The van der Waals surface area contributed by atoms with Crippen LogP contribution in [0.1, 0.15) is 0 Å². The number of nitro groups is 1. The lowest BCUT2D eigenvalue weighted by atomic mass is 10.2. The Hall–Kier alpha value is -1.79. The molecule has 2 aromatic rings. The van der Waals surface area contributed by atoms with E-state index < -0.39 is 15.4 Å². The fourth-order valence-electron chi connectivity index (χ4n) is 1.24. The van der Waals surface area contributed by atoms with Crippen LogP contribution in [0.5, 0.6) is 0 Å². The first kappa shape index (κ1) is 11.7. The van der Waals surface area contributed by atoms with E-state index in [1.54, 1.807) is 24.3 Å². The highest BCUT2D eigenvalue weighted by atomic mass is 35.5. The summed E-state index contributed by atoms with van der Waals surface area (Å²) >= 11 is 6.34. The Kier molecular flexibility index (Phi) is 3.16. The fourth-order valence-corrected chi connectivity index (χ4v) is 2.42. The van der Waals surface area contributed by atoms with Crippen LogP contribution in [0.2, 0.25) is 5.15 Å². The smallest absolute Gasteiger partial charge is 0.270 e. The molecule has 86 valence electrons. The van der Waals surface area contributed by atoms with Gasteiger partial charge in [0.2, 0.25) is 5.15 Å². The Morgan fingerprint density at radius 3 is 2.47 bits per heavy atom. The molecule has 1 aromatic heterocycles. The summed E-state index contributed by atoms with van der Waals surface area (Å²) in [4.78, 5) is 25.2. The standard InChI is InChI=1S/C10H5ClN2O3S/c11-8-7(13(15)16)10(14)17-9(12-8)6-4-2-1-3-5-6/h1-5H. The number of halogens is 1. The van der Waals surface area contributed by atoms with E-state index in [0.717, 1.165) is 0 Å². The zero-order chi connectivity index (χ0) is 12.4. The number of benzene rings is 1. The van der Waals surface area contributed by atoms with Crippen molar-refractivity contribution in [1.29, 1.82) is 0 Å². The summed E-state index contributed by atoms with van der Waals surface area (Å²) in [5, 5.41) is 10.6. The van der Waals surface area contributed by atoms with Crippen molar-refractivity contribution < 1.29 is 4.92 Å². The Morgan fingerprint density at radius 1 is 1.29 bits per heavy atom. The Balaban J connectivity index is 2.62. The van der Waals surface area contributed by atoms with Crippen molar-refractivity contribution in [2.24, 2.45) is 0 Å². The fraction of sp³-hybridized carbons (Fsp3) is 0. The Bertz CT molecular complexity index is 627. The van der Waals surface area contributed by atoms with Gasteiger partial charge in [0.1, 0.15) is 5.01 Å². The third-order valence-corrected chi connectivity index (χ3v) is 3.14. The van der Waals surface area contributed by atoms with Crippen molar-refractivity contribution in [1.82, 2.24) is 4.98 Å². The first-order valence-electron chi connectivity index (χ1n) is 4.50. The SMILES string of the molecule is O=c1sc(-c2ccccc2)nc(Cl)c1[N+](=O)[O-]. The molecule has 0 aliphatic heterocycles. The minimum absolute atomic E-state index is 0.367. The van der Waals surface area contributed by atoms with Crippen LogP contribution in [0.4, 0.5) is 5.69 Å². The molecule has 0 aliphatic rings. The summed E-state index contributed by atoms with van der Waals surface area (Å²) < 4.78 is -0.700. The van der Waals surface area contributed by atoms with E-state index in [1.807, 2.05) is 6.07 Å². The molecule has 0 amide bonds. The molecule has 0 fully saturated rings. The van der Waals surface area contributed by atoms with Crippen LogP contribution < -0.4 is 4.74 Å². The van der Waals surface area contributed by atoms with Crippen LogP contribution in [-0.2, 0) is 0 Å². The van der Waals surface area contributed by atoms with E-state index >= 15 is 0 Å². The predicted octanol–water partition coefficient (Wildman–Crippen LogP) is 2.73. The summed E-state index contributed by atoms with van der Waals surface area (Å²) in [6, 6.07) is 8.88. The normalized spacial score (nSPS) is 10.2. The summed E-state index contributed by atoms with van der Waals surface area (Å²) in [7, 11) is 0. The first-order valence-corrected chi connectivity index (χ1v) is 5.69. The zero-order valence-corrected chi connectivity index (χ0v) is 9.86. The van der Waals surface area contributed by atoms with Gasteiger partial charge in [-0.25, -0.2) is 4.98 Å². The van der Waals surface area contributed by atoms with Gasteiger partial charge in [0, 0.05) is 5.56 Å². The molecular weight excluding hydrogens is 264 g/mol. The molecule has 7 heteroatoms. The molecule has 0 saturated heterocycles. The Labute approximate surface area is 104 Å². The topological polar surface area (TPSA) is 73.1 Å². The average Bonchev–Trinajstić information content (AvgIpc) is 2.28. The lowest BCUT2D eigenvalue weighted by Gasteiger charge is -1.99. The molecule has 5 nitrogen and oxygen atoms in total. The van der Waals surface area contributed by atoms with E-state index in [0.29, 0.717) is 21.9 Å². The molecule has 0 radical (unpaired) electrons. The molecule has 0 spiro atoms. The summed E-state index contributed by atoms with van der Waals surface area (Å²) in [5.41, 5.74) is 0.0303. The zero-order valence-electron chi connectivity index (χ0n) is 8.29. The highest BCUT2D eigenvalue weighted by molar-refractivity contribution is 7.12. The molecule has 1 aromatic carbocycles. The highest BCUT2D eigenvalue weighted by Crippen LogP contribution is 2.25. The van der Waals surface area contributed by atoms with Gasteiger partial charge in [0.15, 0.2) is 0 Å². The second kappa shape index (κ2) is 4.60. The second-order valence-corrected chi connectivity index (χ2v) is 4.39. The lowest BCUT2D eigenvalue weighted by molar-refractivity contribution is -0.385. The van der Waals surface area contributed by atoms with E-state index in [4.69, 9.17) is 11.6 Å². The van der Waals surface area contributed by atoms with Crippen molar-refractivity contribution in [2.45, 2.75) is 0 Å². The van der Waals surface area contributed by atoms with Crippen molar-refractivity contribution in [3.05, 3.63) is 55.1 Å². The van der Waals surface area contributed by atoms with Gasteiger partial charge in [0.25, 0.3) is 0 Å². The number of hydrogen-bond acceptors (Lipinski definition) is 5. The molecule has 2 rings (SSSR count). The minimum Gasteiger partial charge on any atom is -0.270 e. The molecule has 1 heterocycles. The molecule has 0 saturated carbocycles. The number of hydrogen-bond donors (Lipinski definition) is 0. The van der Waals surface area contributed by atoms with Gasteiger partial charge in [0.05, 0.1) is 4.92 Å². The molecular formula is C10H5ClN2O3S. The van der Waals surface area contributed by atoms with Crippen molar-refractivity contribution in [2.75, 3.05) is 0 Å². The van der Waals surface area contributed by atoms with E-state index in [-0.39, 0.29) is 5.15 Å². The van der Waals surface area contributed by atoms with Crippen molar-refractivity contribution in [3.8, 4) is 10.6 Å². The summed E-state index contributed by atoms with van der Waals surface area (Å²) in [6.45, 7) is 0. The van der Waals surface area contributed by atoms with Crippen LogP contribution in [0.25, 0.3) is 10.6 Å². The second-order valence-electron chi connectivity index (χ2n) is 3.07. The summed E-state index contributed by atoms with van der Waals surface area (Å²) in [5.74, 6) is 0. The Morgan fingerprint density at radius 2 is 1.94 bits per heavy atom. The molecule has 0 unspecified atom stereocenters. The van der Waals surface area contributed by atoms with Crippen LogP contribution in [-0.4, -0.2) is 9.91 Å². The van der Waals surface area contributed by atoms with E-state index in [2.05, 4.69) is 4.98 Å². The van der Waals surface area contributed by atoms with Crippen LogP contribution in [0.15, 0.2) is 35.1 Å². The van der Waals surface area contributed by atoms with Crippen molar-refractivity contribution in [3.63, 3.8) is 0 Å². The third-order valence-electron chi connectivity index (χ3n) is 1.98. The quantitative estimate of drug-likeness (QED) is 0.620. The van der Waals surface area contributed by atoms with Crippen LogP contribution in [0, 0.1) is 10.1 Å². The number of nitrogens with zero attached hydrogens (tertiary/aromatic N) is 2. The molecule has 0 N–H and O–H groups in total. The van der Waals surface area contributed by atoms with E-state index in [1.165, 1.54) is 0 Å². The minimum atomic E-state index is -0.817. The van der Waals surface area contributed by atoms with E-state index in [9.17, 15) is 14.9 Å². The van der Waals surface area contributed by atoms with Gasteiger partial charge in [-0.05, 0) is 0 Å². The lowest BCUT2D eigenvalue weighted by Crippen LogP contribution is -2.06. The largest absolute Gasteiger partial charge is 0.363 e. The molecule has 0 atom stereocenters. The number of rotatable bonds is 2. The third kappa shape index (κ3) is 2.32. The first-order chi connectivity index (χ1) is 8.09. The molecule has 17 heavy (non-hydrogen) atoms. The predicted molar refractivity (Wildman–Crippen MR) is 65.5 cm³/mol. The maximum absolute atomic E-state index is 11.5. The monoisotopic (exact) mass is 268 g/mol. The van der Waals surface area contributed by atoms with Gasteiger partial charge >= 0.3 is 10.4 Å². The van der Waals surface area contributed by atoms with Crippen LogP contribution >= 0.6 is 22.9 Å². The molecule has 0 bridgehead atoms. The highest BCUT2D eigenvalue weighted by Gasteiger charge is 2.21. The van der Waals surface area contributed by atoms with Gasteiger partial charge < -0.3 is 0 Å². The maximum atomic E-state index is 11.5. The van der Waals surface area contributed by atoms with Gasteiger partial charge in [-0.15, -0.1) is 0 Å². The summed E-state index contributed by atoms with van der Waals surface area (Å²) in [6.07, 6.45) is 0. The number of aromatic nitrogens is 1. The average molecular weight is 269 g/mol. The van der Waals surface area contributed by atoms with Crippen LogP contribution in [0.3, 0.4) is 0 Å². The van der Waals surface area contributed by atoms with Gasteiger partial charge in [-0.2, -0.15) is 0 Å². The van der Waals surface area contributed by atoms with Gasteiger partial charge in [-0.1, -0.05) is 53.3 Å². The molecule has 0 aliphatic carbocycles. The van der Waals surface area contributed by atoms with Gasteiger partial charge in [-0.3, -0.25) is 14.9 Å².